The van der Waals surface area contributed by atoms with Crippen molar-refractivity contribution in [3.8, 4) is 0 Å². The molecule has 0 aliphatic carbocycles. The van der Waals surface area contributed by atoms with Crippen LogP contribution >= 0.6 is 0 Å². The van der Waals surface area contributed by atoms with Crippen LogP contribution in [0.15, 0.2) is 18.2 Å². The molecule has 96 valence electrons. The van der Waals surface area contributed by atoms with Gasteiger partial charge in [0, 0.05) is 6.04 Å². The van der Waals surface area contributed by atoms with Crippen LogP contribution in [0.2, 0.25) is 0 Å². The van der Waals surface area contributed by atoms with Crippen LogP contribution in [-0.4, -0.2) is 6.54 Å². The maximum absolute atomic E-state index is 13.2. The smallest absolute Gasteiger partial charge is 0.159 e. The molecule has 0 amide bonds. The number of nitrogens with one attached hydrogen (secondary N) is 1. The number of halogens is 2. The molecular weight excluding hydrogens is 220 g/mol. The van der Waals surface area contributed by atoms with Crippen molar-refractivity contribution < 1.29 is 8.78 Å². The van der Waals surface area contributed by atoms with Crippen molar-refractivity contribution in [2.24, 2.45) is 5.92 Å². The zero-order chi connectivity index (χ0) is 12.8. The number of benzene rings is 1. The molecule has 0 fully saturated rings. The molecule has 0 spiro atoms. The largest absolute Gasteiger partial charge is 0.310 e. The van der Waals surface area contributed by atoms with E-state index in [0.29, 0.717) is 5.92 Å². The first-order chi connectivity index (χ1) is 8.04. The summed E-state index contributed by atoms with van der Waals surface area (Å²) in [5, 5.41) is 3.31. The molecule has 0 aromatic heterocycles. The third-order valence-corrected chi connectivity index (χ3v) is 2.83. The van der Waals surface area contributed by atoms with E-state index >= 15 is 0 Å². The van der Waals surface area contributed by atoms with Gasteiger partial charge in [0.15, 0.2) is 11.6 Å². The van der Waals surface area contributed by atoms with Crippen LogP contribution in [0.4, 0.5) is 8.78 Å². The van der Waals surface area contributed by atoms with Crippen LogP contribution in [0.1, 0.15) is 45.2 Å². The lowest BCUT2D eigenvalue weighted by molar-refractivity contribution is 0.443. The maximum atomic E-state index is 13.2. The van der Waals surface area contributed by atoms with Crippen molar-refractivity contribution in [2.75, 3.05) is 6.54 Å². The Kier molecular flexibility index (Phi) is 5.56. The summed E-state index contributed by atoms with van der Waals surface area (Å²) in [5.41, 5.74) is 0.825. The van der Waals surface area contributed by atoms with E-state index in [-0.39, 0.29) is 6.04 Å². The van der Waals surface area contributed by atoms with Crippen LogP contribution in [0.25, 0.3) is 0 Å². The van der Waals surface area contributed by atoms with Crippen molar-refractivity contribution in [1.82, 2.24) is 5.32 Å². The minimum atomic E-state index is -0.784. The van der Waals surface area contributed by atoms with Crippen molar-refractivity contribution in [2.45, 2.75) is 39.7 Å². The molecule has 1 N–H and O–H groups in total. The molecule has 17 heavy (non-hydrogen) atoms. The van der Waals surface area contributed by atoms with Gasteiger partial charge < -0.3 is 5.32 Å². The van der Waals surface area contributed by atoms with E-state index in [9.17, 15) is 8.78 Å². The van der Waals surface area contributed by atoms with Crippen molar-refractivity contribution in [3.63, 3.8) is 0 Å². The standard InChI is InChI=1S/C14H21F2N/c1-4-17-14(8-5-10(2)3)11-6-7-12(15)13(16)9-11/h6-7,9-10,14,17H,4-5,8H2,1-3H3. The van der Waals surface area contributed by atoms with Crippen molar-refractivity contribution in [3.05, 3.63) is 35.4 Å². The van der Waals surface area contributed by atoms with Gasteiger partial charge >= 0.3 is 0 Å². The van der Waals surface area contributed by atoms with Crippen LogP contribution in [-0.2, 0) is 0 Å². The fourth-order valence-electron chi connectivity index (χ4n) is 1.86. The number of hydrogen-bond donors (Lipinski definition) is 1. The van der Waals surface area contributed by atoms with E-state index in [1.54, 1.807) is 6.07 Å². The Morgan fingerprint density at radius 1 is 1.12 bits per heavy atom. The molecule has 1 nitrogen and oxygen atoms in total. The molecule has 0 heterocycles. The van der Waals surface area contributed by atoms with Gasteiger partial charge in [-0.1, -0.05) is 26.8 Å². The molecule has 0 radical (unpaired) electrons. The SMILES string of the molecule is CCNC(CCC(C)C)c1ccc(F)c(F)c1. The number of hydrogen-bond acceptors (Lipinski definition) is 1. The van der Waals surface area contributed by atoms with Gasteiger partial charge in [-0.05, 0) is 43.0 Å². The lowest BCUT2D eigenvalue weighted by atomic mass is 9.97. The van der Waals surface area contributed by atoms with E-state index < -0.39 is 11.6 Å². The first kappa shape index (κ1) is 14.1. The Morgan fingerprint density at radius 3 is 2.35 bits per heavy atom. The highest BCUT2D eigenvalue weighted by atomic mass is 19.2. The molecule has 3 heteroatoms. The summed E-state index contributed by atoms with van der Waals surface area (Å²) in [6.45, 7) is 7.16. The average Bonchev–Trinajstić information content (AvgIpc) is 2.28. The Bertz CT molecular complexity index is 350. The molecule has 1 aromatic carbocycles. The second kappa shape index (κ2) is 6.70. The fraction of sp³-hybridized carbons (Fsp3) is 0.571. The molecule has 1 unspecified atom stereocenters. The van der Waals surface area contributed by atoms with E-state index in [1.165, 1.54) is 12.1 Å². The molecule has 1 aromatic rings. The van der Waals surface area contributed by atoms with Crippen LogP contribution in [0.5, 0.6) is 0 Å². The van der Waals surface area contributed by atoms with Crippen molar-refractivity contribution in [1.29, 1.82) is 0 Å². The fourth-order valence-corrected chi connectivity index (χ4v) is 1.86. The van der Waals surface area contributed by atoms with E-state index in [0.717, 1.165) is 24.9 Å². The Balaban J connectivity index is 2.77. The monoisotopic (exact) mass is 241 g/mol. The van der Waals surface area contributed by atoms with Gasteiger partial charge in [-0.2, -0.15) is 0 Å². The summed E-state index contributed by atoms with van der Waals surface area (Å²) in [4.78, 5) is 0. The quantitative estimate of drug-likeness (QED) is 0.792. The second-order valence-corrected chi connectivity index (χ2v) is 4.76. The van der Waals surface area contributed by atoms with Gasteiger partial charge in [-0.15, -0.1) is 0 Å². The number of rotatable bonds is 6. The first-order valence-corrected chi connectivity index (χ1v) is 6.23. The lowest BCUT2D eigenvalue weighted by Gasteiger charge is -2.19. The van der Waals surface area contributed by atoms with Crippen molar-refractivity contribution >= 4 is 0 Å². The van der Waals surface area contributed by atoms with Gasteiger partial charge in [0.05, 0.1) is 0 Å². The van der Waals surface area contributed by atoms with Gasteiger partial charge in [-0.3, -0.25) is 0 Å². The Labute approximate surface area is 102 Å². The third-order valence-electron chi connectivity index (χ3n) is 2.83. The normalized spacial score (nSPS) is 13.1. The van der Waals surface area contributed by atoms with E-state index in [2.05, 4.69) is 19.2 Å². The topological polar surface area (TPSA) is 12.0 Å². The highest BCUT2D eigenvalue weighted by molar-refractivity contribution is 5.21. The molecule has 0 saturated heterocycles. The maximum Gasteiger partial charge on any atom is 0.159 e. The van der Waals surface area contributed by atoms with Gasteiger partial charge in [0.1, 0.15) is 0 Å². The zero-order valence-corrected chi connectivity index (χ0v) is 10.8. The lowest BCUT2D eigenvalue weighted by Crippen LogP contribution is -2.21. The van der Waals surface area contributed by atoms with E-state index in [1.807, 2.05) is 6.92 Å². The van der Waals surface area contributed by atoms with Crippen LogP contribution in [0.3, 0.4) is 0 Å². The first-order valence-electron chi connectivity index (χ1n) is 6.23. The van der Waals surface area contributed by atoms with Gasteiger partial charge in [0.25, 0.3) is 0 Å². The summed E-state index contributed by atoms with van der Waals surface area (Å²) in [7, 11) is 0. The summed E-state index contributed by atoms with van der Waals surface area (Å²) >= 11 is 0. The van der Waals surface area contributed by atoms with Gasteiger partial charge in [-0.25, -0.2) is 8.78 Å². The Morgan fingerprint density at radius 2 is 1.82 bits per heavy atom. The van der Waals surface area contributed by atoms with E-state index in [4.69, 9.17) is 0 Å². The molecule has 1 rings (SSSR count). The second-order valence-electron chi connectivity index (χ2n) is 4.76. The summed E-state index contributed by atoms with van der Waals surface area (Å²) in [5.74, 6) is -0.941. The molecule has 1 atom stereocenters. The predicted molar refractivity (Wildman–Crippen MR) is 66.8 cm³/mol. The van der Waals surface area contributed by atoms with Gasteiger partial charge in [0.2, 0.25) is 0 Å². The minimum Gasteiger partial charge on any atom is -0.310 e. The highest BCUT2D eigenvalue weighted by Gasteiger charge is 2.13. The highest BCUT2D eigenvalue weighted by Crippen LogP contribution is 2.22. The molecule has 0 aliphatic rings. The summed E-state index contributed by atoms with van der Waals surface area (Å²) in [6, 6.07) is 4.26. The third kappa shape index (κ3) is 4.43. The molecule has 0 bridgehead atoms. The van der Waals surface area contributed by atoms with Crippen LogP contribution in [0, 0.1) is 17.6 Å². The molecular formula is C14H21F2N. The zero-order valence-electron chi connectivity index (χ0n) is 10.8. The minimum absolute atomic E-state index is 0.109. The predicted octanol–water partition coefficient (Wildman–Crippen LogP) is 4.05. The average molecular weight is 241 g/mol. The summed E-state index contributed by atoms with van der Waals surface area (Å²) in [6.07, 6.45) is 2.01. The molecule has 0 saturated carbocycles. The Hall–Kier alpha value is -0.960. The van der Waals surface area contributed by atoms with Crippen LogP contribution < -0.4 is 5.32 Å². The molecule has 0 aliphatic heterocycles. The summed E-state index contributed by atoms with van der Waals surface area (Å²) < 4.78 is 26.0.